The zero-order valence-electron chi connectivity index (χ0n) is 15.2. The highest BCUT2D eigenvalue weighted by atomic mass is 32.2. The van der Waals surface area contributed by atoms with Crippen LogP contribution in [0.3, 0.4) is 0 Å². The third kappa shape index (κ3) is 3.62. The van der Waals surface area contributed by atoms with E-state index in [4.69, 9.17) is 4.98 Å². The Hall–Kier alpha value is -2.67. The highest BCUT2D eigenvalue weighted by Crippen LogP contribution is 2.24. The molecule has 0 saturated heterocycles. The van der Waals surface area contributed by atoms with Crippen LogP contribution in [0.25, 0.3) is 11.0 Å². The number of aryl methyl sites for hydroxylation is 3. The lowest BCUT2D eigenvalue weighted by Gasteiger charge is -2.16. The van der Waals surface area contributed by atoms with Crippen molar-refractivity contribution in [3.8, 4) is 0 Å². The molecule has 0 radical (unpaired) electrons. The third-order valence-electron chi connectivity index (χ3n) is 4.57. The van der Waals surface area contributed by atoms with Gasteiger partial charge in [-0.3, -0.25) is 9.30 Å². The van der Waals surface area contributed by atoms with Crippen molar-refractivity contribution in [1.29, 1.82) is 0 Å². The minimum absolute atomic E-state index is 0.608. The van der Waals surface area contributed by atoms with E-state index in [2.05, 4.69) is 16.3 Å². The van der Waals surface area contributed by atoms with Gasteiger partial charge in [-0.05, 0) is 49.0 Å². The Morgan fingerprint density at radius 1 is 1.15 bits per heavy atom. The van der Waals surface area contributed by atoms with Gasteiger partial charge in [-0.15, -0.1) is 0 Å². The van der Waals surface area contributed by atoms with Crippen molar-refractivity contribution in [2.45, 2.75) is 12.8 Å². The molecule has 1 aromatic heterocycles. The Balaban J connectivity index is 1.84. The molecule has 0 aliphatic carbocycles. The van der Waals surface area contributed by atoms with E-state index in [9.17, 15) is 8.42 Å². The van der Waals surface area contributed by atoms with E-state index in [1.807, 2.05) is 43.4 Å². The number of rotatable bonds is 6. The third-order valence-corrected chi connectivity index (χ3v) is 5.78. The maximum absolute atomic E-state index is 11.7. The molecule has 3 rings (SSSR count). The number of aliphatic imine (C=N–C) groups is 1. The molecule has 0 unspecified atom stereocenters. The van der Waals surface area contributed by atoms with E-state index >= 15 is 0 Å². The van der Waals surface area contributed by atoms with Crippen molar-refractivity contribution >= 4 is 39.1 Å². The van der Waals surface area contributed by atoms with E-state index in [1.54, 1.807) is 13.1 Å². The smallest absolute Gasteiger partial charge is 0.231 e. The molecule has 136 valence electrons. The average Bonchev–Trinajstić information content (AvgIpc) is 2.94. The van der Waals surface area contributed by atoms with Crippen LogP contribution in [-0.2, 0) is 29.9 Å². The standard InChI is InChI=1S/C19H22N4O2S/c1-20-15-8-5-14(6-9-15)7-12-19-21-17-13-16(23(3)26(4,24)25)10-11-18(17)22(19)2/h5-6,8-11,13H,1,7,12H2,2-4H3. The SMILES string of the molecule is C=Nc1ccc(CCc2nc3cc(N(C)S(C)(=O)=O)ccc3n2C)cc1. The van der Waals surface area contributed by atoms with Gasteiger partial charge in [0, 0.05) is 20.5 Å². The van der Waals surface area contributed by atoms with Crippen LogP contribution in [0.15, 0.2) is 47.5 Å². The van der Waals surface area contributed by atoms with E-state index in [0.29, 0.717) is 5.69 Å². The molecule has 1 heterocycles. The van der Waals surface area contributed by atoms with E-state index in [1.165, 1.54) is 16.1 Å². The van der Waals surface area contributed by atoms with Gasteiger partial charge in [-0.1, -0.05) is 12.1 Å². The molecule has 0 bridgehead atoms. The topological polar surface area (TPSA) is 67.6 Å². The Bertz CT molecular complexity index is 1050. The lowest BCUT2D eigenvalue weighted by molar-refractivity contribution is 0.600. The molecule has 2 aromatic carbocycles. The molecule has 6 nitrogen and oxygen atoms in total. The molecule has 3 aromatic rings. The number of imidazole rings is 1. The van der Waals surface area contributed by atoms with Gasteiger partial charge in [0.1, 0.15) is 5.82 Å². The second-order valence-corrected chi connectivity index (χ2v) is 8.33. The fourth-order valence-corrected chi connectivity index (χ4v) is 3.37. The van der Waals surface area contributed by atoms with E-state index < -0.39 is 10.0 Å². The maximum Gasteiger partial charge on any atom is 0.231 e. The van der Waals surface area contributed by atoms with Crippen molar-refractivity contribution in [1.82, 2.24) is 9.55 Å². The molecule has 0 aliphatic heterocycles. The minimum atomic E-state index is -3.29. The number of hydrogen-bond donors (Lipinski definition) is 0. The summed E-state index contributed by atoms with van der Waals surface area (Å²) in [5, 5.41) is 0. The van der Waals surface area contributed by atoms with E-state index in [0.717, 1.165) is 35.4 Å². The van der Waals surface area contributed by atoms with Gasteiger partial charge < -0.3 is 4.57 Å². The quantitative estimate of drug-likeness (QED) is 0.626. The lowest BCUT2D eigenvalue weighted by Crippen LogP contribution is -2.24. The predicted molar refractivity (Wildman–Crippen MR) is 107 cm³/mol. The molecule has 0 atom stereocenters. The van der Waals surface area contributed by atoms with Crippen LogP contribution in [0.5, 0.6) is 0 Å². The van der Waals surface area contributed by atoms with Crippen LogP contribution in [-0.4, -0.2) is 38.0 Å². The second-order valence-electron chi connectivity index (χ2n) is 6.32. The van der Waals surface area contributed by atoms with Crippen LogP contribution in [0, 0.1) is 0 Å². The normalized spacial score (nSPS) is 11.7. The van der Waals surface area contributed by atoms with Crippen molar-refractivity contribution in [3.05, 3.63) is 53.9 Å². The summed E-state index contributed by atoms with van der Waals surface area (Å²) in [6.07, 6.45) is 2.85. The number of anilines is 1. The van der Waals surface area contributed by atoms with Crippen LogP contribution in [0.4, 0.5) is 11.4 Å². The molecular weight excluding hydrogens is 348 g/mol. The summed E-state index contributed by atoms with van der Waals surface area (Å²) < 4.78 is 26.8. The summed E-state index contributed by atoms with van der Waals surface area (Å²) in [6, 6.07) is 13.5. The Morgan fingerprint density at radius 3 is 2.46 bits per heavy atom. The highest BCUT2D eigenvalue weighted by Gasteiger charge is 2.14. The summed E-state index contributed by atoms with van der Waals surface area (Å²) in [5.74, 6) is 0.963. The van der Waals surface area contributed by atoms with Gasteiger partial charge in [0.05, 0.1) is 28.7 Å². The molecule has 26 heavy (non-hydrogen) atoms. The van der Waals surface area contributed by atoms with Gasteiger partial charge in [0.15, 0.2) is 0 Å². The van der Waals surface area contributed by atoms with Crippen molar-refractivity contribution in [2.75, 3.05) is 17.6 Å². The number of aromatic nitrogens is 2. The first-order valence-electron chi connectivity index (χ1n) is 8.24. The Morgan fingerprint density at radius 2 is 1.85 bits per heavy atom. The molecule has 0 aliphatic rings. The average molecular weight is 370 g/mol. The van der Waals surface area contributed by atoms with Crippen LogP contribution < -0.4 is 4.31 Å². The van der Waals surface area contributed by atoms with Crippen molar-refractivity contribution < 1.29 is 8.42 Å². The summed E-state index contributed by atoms with van der Waals surface area (Å²) >= 11 is 0. The molecule has 0 saturated carbocycles. The van der Waals surface area contributed by atoms with Crippen molar-refractivity contribution in [2.24, 2.45) is 12.0 Å². The summed E-state index contributed by atoms with van der Waals surface area (Å²) in [6.45, 7) is 3.52. The van der Waals surface area contributed by atoms with Gasteiger partial charge in [0.2, 0.25) is 10.0 Å². The number of hydrogen-bond acceptors (Lipinski definition) is 4. The summed E-state index contributed by atoms with van der Waals surface area (Å²) in [7, 11) is 0.232. The zero-order chi connectivity index (χ0) is 18.9. The van der Waals surface area contributed by atoms with Gasteiger partial charge in [-0.25, -0.2) is 13.4 Å². The second kappa shape index (κ2) is 6.92. The van der Waals surface area contributed by atoms with Crippen LogP contribution in [0.2, 0.25) is 0 Å². The molecule has 0 spiro atoms. The zero-order valence-corrected chi connectivity index (χ0v) is 16.0. The first kappa shape index (κ1) is 18.1. The molecule has 0 fully saturated rings. The fourth-order valence-electron chi connectivity index (χ4n) is 2.87. The van der Waals surface area contributed by atoms with Gasteiger partial charge >= 0.3 is 0 Å². The number of fused-ring (bicyclic) bond motifs is 1. The highest BCUT2D eigenvalue weighted by molar-refractivity contribution is 7.92. The monoisotopic (exact) mass is 370 g/mol. The lowest BCUT2D eigenvalue weighted by atomic mass is 10.1. The van der Waals surface area contributed by atoms with Gasteiger partial charge in [-0.2, -0.15) is 0 Å². The predicted octanol–water partition coefficient (Wildman–Crippen LogP) is 3.09. The van der Waals surface area contributed by atoms with E-state index in [-0.39, 0.29) is 0 Å². The number of nitrogens with zero attached hydrogens (tertiary/aromatic N) is 4. The molecule has 0 amide bonds. The molecular formula is C19H22N4O2S. The Labute approximate surface area is 153 Å². The maximum atomic E-state index is 11.7. The summed E-state index contributed by atoms with van der Waals surface area (Å²) in [5.41, 5.74) is 4.46. The first-order chi connectivity index (χ1) is 12.3. The minimum Gasteiger partial charge on any atom is -0.331 e. The molecule has 7 heteroatoms. The molecule has 0 N–H and O–H groups in total. The largest absolute Gasteiger partial charge is 0.331 e. The van der Waals surface area contributed by atoms with Gasteiger partial charge in [0.25, 0.3) is 0 Å². The first-order valence-corrected chi connectivity index (χ1v) is 10.1. The van der Waals surface area contributed by atoms with Crippen LogP contribution in [0.1, 0.15) is 11.4 Å². The summed E-state index contributed by atoms with van der Waals surface area (Å²) in [4.78, 5) is 8.60. The Kier molecular flexibility index (Phi) is 4.82. The van der Waals surface area contributed by atoms with Crippen LogP contribution >= 0.6 is 0 Å². The fraction of sp³-hybridized carbons (Fsp3) is 0.263. The van der Waals surface area contributed by atoms with Crippen molar-refractivity contribution in [3.63, 3.8) is 0 Å². The number of benzene rings is 2. The number of sulfonamides is 1.